The van der Waals surface area contributed by atoms with Crippen LogP contribution in [0.2, 0.25) is 0 Å². The number of halogens is 2. The highest BCUT2D eigenvalue weighted by atomic mass is 35.5. The number of thiazole rings is 1. The molecule has 4 nitrogen and oxygen atoms in total. The van der Waals surface area contributed by atoms with Crippen molar-refractivity contribution >= 4 is 42.1 Å². The van der Waals surface area contributed by atoms with Crippen molar-refractivity contribution in [1.82, 2.24) is 15.6 Å². The van der Waals surface area contributed by atoms with Gasteiger partial charge in [0.05, 0.1) is 10.7 Å². The standard InChI is InChI=1S/C12H19N3OS.2ClH/c1-8-10(17-9(2)14-8)11(16)15-12(3)4-6-13-7-5-12;;/h13H,4-7H2,1-3H3,(H,15,16);2*1H. The van der Waals surface area contributed by atoms with Crippen LogP contribution in [0.15, 0.2) is 0 Å². The highest BCUT2D eigenvalue weighted by Gasteiger charge is 2.29. The van der Waals surface area contributed by atoms with Gasteiger partial charge in [-0.25, -0.2) is 4.98 Å². The quantitative estimate of drug-likeness (QED) is 0.878. The molecule has 1 aliphatic heterocycles. The lowest BCUT2D eigenvalue weighted by atomic mass is 9.90. The van der Waals surface area contributed by atoms with Crippen molar-refractivity contribution in [3.63, 3.8) is 0 Å². The number of nitrogens with zero attached hydrogens (tertiary/aromatic N) is 1. The van der Waals surface area contributed by atoms with Gasteiger partial charge in [-0.1, -0.05) is 0 Å². The lowest BCUT2D eigenvalue weighted by Crippen LogP contribution is -2.52. The van der Waals surface area contributed by atoms with Crippen LogP contribution in [0.4, 0.5) is 0 Å². The molecule has 1 amide bonds. The Kier molecular flexibility index (Phi) is 7.29. The Labute approximate surface area is 130 Å². The Morgan fingerprint density at radius 3 is 2.37 bits per heavy atom. The highest BCUT2D eigenvalue weighted by Crippen LogP contribution is 2.21. The Hall–Kier alpha value is -0.360. The summed E-state index contributed by atoms with van der Waals surface area (Å²) in [6.07, 6.45) is 1.96. The molecule has 2 rings (SSSR count). The summed E-state index contributed by atoms with van der Waals surface area (Å²) in [7, 11) is 0. The molecular formula is C12H21Cl2N3OS. The predicted molar refractivity (Wildman–Crippen MR) is 84.1 cm³/mol. The van der Waals surface area contributed by atoms with E-state index >= 15 is 0 Å². The largest absolute Gasteiger partial charge is 0.346 e. The first-order valence-corrected chi connectivity index (χ1v) is 6.79. The van der Waals surface area contributed by atoms with Crippen molar-refractivity contribution in [2.24, 2.45) is 0 Å². The second-order valence-corrected chi connectivity index (χ2v) is 6.12. The monoisotopic (exact) mass is 325 g/mol. The van der Waals surface area contributed by atoms with Crippen molar-refractivity contribution in [3.05, 3.63) is 15.6 Å². The zero-order valence-corrected chi connectivity index (χ0v) is 13.9. The normalized spacial score (nSPS) is 17.0. The average Bonchev–Trinajstić information content (AvgIpc) is 2.58. The fourth-order valence-corrected chi connectivity index (χ4v) is 2.99. The van der Waals surface area contributed by atoms with Gasteiger partial charge in [0.1, 0.15) is 4.88 Å². The molecule has 0 saturated carbocycles. The number of hydrogen-bond acceptors (Lipinski definition) is 4. The van der Waals surface area contributed by atoms with E-state index in [9.17, 15) is 4.79 Å². The summed E-state index contributed by atoms with van der Waals surface area (Å²) in [6.45, 7) is 7.88. The third-order valence-electron chi connectivity index (χ3n) is 3.23. The maximum absolute atomic E-state index is 12.2. The fourth-order valence-electron chi connectivity index (χ4n) is 2.18. The first-order valence-electron chi connectivity index (χ1n) is 5.97. The molecular weight excluding hydrogens is 305 g/mol. The molecule has 0 aromatic carbocycles. The first kappa shape index (κ1) is 18.6. The summed E-state index contributed by atoms with van der Waals surface area (Å²) in [5.41, 5.74) is 0.759. The minimum absolute atomic E-state index is 0. The van der Waals surface area contributed by atoms with Gasteiger partial charge in [0.2, 0.25) is 0 Å². The molecule has 7 heteroatoms. The minimum Gasteiger partial charge on any atom is -0.346 e. The average molecular weight is 326 g/mol. The maximum Gasteiger partial charge on any atom is 0.263 e. The van der Waals surface area contributed by atoms with Crippen LogP contribution in [0.5, 0.6) is 0 Å². The number of piperidine rings is 1. The van der Waals surface area contributed by atoms with Crippen LogP contribution in [-0.2, 0) is 0 Å². The third kappa shape index (κ3) is 4.60. The van der Waals surface area contributed by atoms with Crippen molar-refractivity contribution in [2.75, 3.05) is 13.1 Å². The second-order valence-electron chi connectivity index (χ2n) is 4.91. The van der Waals surface area contributed by atoms with Crippen LogP contribution in [0.1, 0.15) is 40.1 Å². The van der Waals surface area contributed by atoms with Gasteiger partial charge in [-0.05, 0) is 46.7 Å². The van der Waals surface area contributed by atoms with Crippen molar-refractivity contribution in [3.8, 4) is 0 Å². The molecule has 0 atom stereocenters. The summed E-state index contributed by atoms with van der Waals surface area (Å²) in [6, 6.07) is 0. The van der Waals surface area contributed by atoms with E-state index in [4.69, 9.17) is 0 Å². The molecule has 2 N–H and O–H groups in total. The highest BCUT2D eigenvalue weighted by molar-refractivity contribution is 7.13. The van der Waals surface area contributed by atoms with Crippen LogP contribution in [0.3, 0.4) is 0 Å². The number of hydrogen-bond donors (Lipinski definition) is 2. The van der Waals surface area contributed by atoms with Crippen LogP contribution in [0, 0.1) is 13.8 Å². The summed E-state index contributed by atoms with van der Waals surface area (Å²) >= 11 is 1.47. The van der Waals surface area contributed by atoms with Gasteiger partial charge in [0.15, 0.2) is 0 Å². The van der Waals surface area contributed by atoms with Gasteiger partial charge >= 0.3 is 0 Å². The van der Waals surface area contributed by atoms with Crippen LogP contribution >= 0.6 is 36.2 Å². The number of aryl methyl sites for hydroxylation is 2. The number of amides is 1. The number of carbonyl (C=O) groups excluding carboxylic acids is 1. The Morgan fingerprint density at radius 2 is 1.89 bits per heavy atom. The van der Waals surface area contributed by atoms with Crippen LogP contribution in [-0.4, -0.2) is 29.5 Å². The van der Waals surface area contributed by atoms with Crippen molar-refractivity contribution < 1.29 is 4.79 Å². The maximum atomic E-state index is 12.2. The zero-order chi connectivity index (χ0) is 12.5. The van der Waals surface area contributed by atoms with Gasteiger partial charge in [0, 0.05) is 5.54 Å². The molecule has 0 radical (unpaired) electrons. The Balaban J connectivity index is 0.00000162. The molecule has 1 aromatic rings. The molecule has 0 bridgehead atoms. The van der Waals surface area contributed by atoms with E-state index in [0.29, 0.717) is 0 Å². The van der Waals surface area contributed by atoms with E-state index in [-0.39, 0.29) is 36.3 Å². The topological polar surface area (TPSA) is 54.0 Å². The predicted octanol–water partition coefficient (Wildman–Crippen LogP) is 2.48. The molecule has 1 fully saturated rings. The SMILES string of the molecule is Cc1nc(C)c(C(=O)NC2(C)CCNCC2)s1.Cl.Cl. The van der Waals surface area contributed by atoms with Crippen molar-refractivity contribution in [2.45, 2.75) is 39.2 Å². The number of rotatable bonds is 2. The second kappa shape index (κ2) is 7.43. The van der Waals surface area contributed by atoms with Gasteiger partial charge in [-0.15, -0.1) is 36.2 Å². The third-order valence-corrected chi connectivity index (χ3v) is 4.30. The Morgan fingerprint density at radius 1 is 1.32 bits per heavy atom. The molecule has 0 unspecified atom stereocenters. The lowest BCUT2D eigenvalue weighted by Gasteiger charge is -2.34. The summed E-state index contributed by atoms with van der Waals surface area (Å²) < 4.78 is 0. The fraction of sp³-hybridized carbons (Fsp3) is 0.667. The first-order chi connectivity index (χ1) is 8.00. The zero-order valence-electron chi connectivity index (χ0n) is 11.4. The molecule has 2 heterocycles. The molecule has 0 spiro atoms. The number of aromatic nitrogens is 1. The van der Waals surface area contributed by atoms with E-state index in [1.807, 2.05) is 13.8 Å². The van der Waals surface area contributed by atoms with Gasteiger partial charge in [0.25, 0.3) is 5.91 Å². The Bertz CT molecular complexity index is 431. The van der Waals surface area contributed by atoms with E-state index in [1.54, 1.807) is 0 Å². The van der Waals surface area contributed by atoms with Crippen LogP contribution < -0.4 is 10.6 Å². The molecule has 19 heavy (non-hydrogen) atoms. The summed E-state index contributed by atoms with van der Waals surface area (Å²) in [5.74, 6) is 0.0255. The van der Waals surface area contributed by atoms with Crippen LogP contribution in [0.25, 0.3) is 0 Å². The van der Waals surface area contributed by atoms with Crippen molar-refractivity contribution in [1.29, 1.82) is 0 Å². The van der Waals surface area contributed by atoms with E-state index in [1.165, 1.54) is 11.3 Å². The lowest BCUT2D eigenvalue weighted by molar-refractivity contribution is 0.0891. The van der Waals surface area contributed by atoms with E-state index in [2.05, 4.69) is 22.5 Å². The molecule has 1 saturated heterocycles. The van der Waals surface area contributed by atoms with E-state index in [0.717, 1.165) is 41.5 Å². The summed E-state index contributed by atoms with van der Waals surface area (Å²) in [5, 5.41) is 7.41. The number of nitrogens with one attached hydrogen (secondary N) is 2. The smallest absolute Gasteiger partial charge is 0.263 e. The van der Waals surface area contributed by atoms with Gasteiger partial charge in [-0.2, -0.15) is 0 Å². The molecule has 1 aliphatic rings. The summed E-state index contributed by atoms with van der Waals surface area (Å²) in [4.78, 5) is 17.2. The molecule has 110 valence electrons. The minimum atomic E-state index is -0.0767. The van der Waals surface area contributed by atoms with E-state index < -0.39 is 0 Å². The van der Waals surface area contributed by atoms with Gasteiger partial charge in [-0.3, -0.25) is 4.79 Å². The molecule has 1 aromatic heterocycles. The van der Waals surface area contributed by atoms with Gasteiger partial charge < -0.3 is 10.6 Å². The number of carbonyl (C=O) groups is 1. The molecule has 0 aliphatic carbocycles.